The van der Waals surface area contributed by atoms with Crippen LogP contribution in [0, 0.1) is 0 Å². The summed E-state index contributed by atoms with van der Waals surface area (Å²) >= 11 is 5.92. The second-order valence-corrected chi connectivity index (χ2v) is 8.19. The Balaban J connectivity index is 1.97. The van der Waals surface area contributed by atoms with Crippen LogP contribution in [0.2, 0.25) is 5.02 Å². The molecule has 2 aromatic rings. The van der Waals surface area contributed by atoms with Gasteiger partial charge in [-0.2, -0.15) is 0 Å². The lowest BCUT2D eigenvalue weighted by molar-refractivity contribution is -0.133. The Labute approximate surface area is 169 Å². The Kier molecular flexibility index (Phi) is 7.56. The number of benzene rings is 2. The molecule has 0 aliphatic rings. The van der Waals surface area contributed by atoms with Gasteiger partial charge in [-0.05, 0) is 35.9 Å². The van der Waals surface area contributed by atoms with Crippen LogP contribution in [0.4, 0.5) is 0 Å². The van der Waals surface area contributed by atoms with E-state index in [-0.39, 0.29) is 17.0 Å². The minimum absolute atomic E-state index is 0.0456. The van der Waals surface area contributed by atoms with E-state index >= 15 is 0 Å². The minimum atomic E-state index is -3.69. The maximum atomic E-state index is 12.2. The van der Waals surface area contributed by atoms with E-state index in [1.165, 1.54) is 29.2 Å². The van der Waals surface area contributed by atoms with Crippen molar-refractivity contribution in [2.24, 2.45) is 0 Å². The number of hydrogen-bond acceptors (Lipinski definition) is 5. The molecule has 0 saturated heterocycles. The summed E-state index contributed by atoms with van der Waals surface area (Å²) in [5.74, 6) is -1.18. The second kappa shape index (κ2) is 9.68. The molecule has 1 N–H and O–H groups in total. The number of esters is 1. The van der Waals surface area contributed by atoms with Gasteiger partial charge in [0, 0.05) is 25.2 Å². The Hall–Kier alpha value is -2.42. The summed E-state index contributed by atoms with van der Waals surface area (Å²) in [6.45, 7) is 1.74. The third-order valence-corrected chi connectivity index (χ3v) is 5.55. The number of carbonyl (C=O) groups is 2. The number of amides is 1. The summed E-state index contributed by atoms with van der Waals surface area (Å²) in [4.78, 5) is 25.7. The van der Waals surface area contributed by atoms with Crippen molar-refractivity contribution >= 4 is 33.5 Å². The first kappa shape index (κ1) is 21.9. The first-order valence-corrected chi connectivity index (χ1v) is 10.3. The average Bonchev–Trinajstić information content (AvgIpc) is 2.66. The lowest BCUT2D eigenvalue weighted by atomic mass is 10.2. The predicted octanol–water partition coefficient (Wildman–Crippen LogP) is 2.45. The third kappa shape index (κ3) is 6.05. The van der Waals surface area contributed by atoms with Crippen LogP contribution >= 0.6 is 11.6 Å². The molecule has 0 bridgehead atoms. The summed E-state index contributed by atoms with van der Waals surface area (Å²) < 4.78 is 31.4. The summed E-state index contributed by atoms with van der Waals surface area (Å²) in [6.07, 6.45) is 0. The highest BCUT2D eigenvalue weighted by Gasteiger charge is 2.17. The molecule has 0 spiro atoms. The van der Waals surface area contributed by atoms with Crippen molar-refractivity contribution in [3.8, 4) is 0 Å². The van der Waals surface area contributed by atoms with Crippen molar-refractivity contribution in [2.45, 2.75) is 18.4 Å². The molecule has 0 fully saturated rings. The maximum Gasteiger partial charge on any atom is 0.338 e. The summed E-state index contributed by atoms with van der Waals surface area (Å²) in [5, 5.41) is 0.567. The van der Waals surface area contributed by atoms with E-state index in [0.29, 0.717) is 11.6 Å². The van der Waals surface area contributed by atoms with Gasteiger partial charge >= 0.3 is 5.97 Å². The Morgan fingerprint density at radius 3 is 2.54 bits per heavy atom. The molecule has 150 valence electrons. The van der Waals surface area contributed by atoms with Gasteiger partial charge in [-0.1, -0.05) is 36.7 Å². The van der Waals surface area contributed by atoms with Crippen molar-refractivity contribution in [1.29, 1.82) is 0 Å². The first-order valence-electron chi connectivity index (χ1n) is 8.48. The van der Waals surface area contributed by atoms with E-state index in [1.807, 2.05) is 6.07 Å². The molecule has 7 nitrogen and oxygen atoms in total. The molecule has 0 saturated carbocycles. The fraction of sp³-hybridized carbons (Fsp3) is 0.263. The Morgan fingerprint density at radius 2 is 1.86 bits per heavy atom. The van der Waals surface area contributed by atoms with Gasteiger partial charge in [-0.3, -0.25) is 4.79 Å². The number of hydrogen-bond donors (Lipinski definition) is 1. The van der Waals surface area contributed by atoms with Crippen LogP contribution in [0.25, 0.3) is 0 Å². The molecule has 2 rings (SSSR count). The van der Waals surface area contributed by atoms with E-state index in [2.05, 4.69) is 4.72 Å². The highest BCUT2D eigenvalue weighted by Crippen LogP contribution is 2.14. The van der Waals surface area contributed by atoms with Gasteiger partial charge in [-0.15, -0.1) is 0 Å². The van der Waals surface area contributed by atoms with Crippen molar-refractivity contribution in [3.05, 3.63) is 64.7 Å². The highest BCUT2D eigenvalue weighted by atomic mass is 35.5. The van der Waals surface area contributed by atoms with Gasteiger partial charge in [0.05, 0.1) is 10.5 Å². The molecule has 0 atom stereocenters. The van der Waals surface area contributed by atoms with Gasteiger partial charge in [0.1, 0.15) is 0 Å². The number of sulfonamides is 1. The minimum Gasteiger partial charge on any atom is -0.452 e. The topological polar surface area (TPSA) is 92.8 Å². The number of rotatable bonds is 8. The SMILES string of the molecule is CCNS(=O)(=O)c1cccc(C(=O)OCC(=O)N(C)Cc2cccc(Cl)c2)c1. The molecule has 9 heteroatoms. The van der Waals surface area contributed by atoms with E-state index in [4.69, 9.17) is 16.3 Å². The van der Waals surface area contributed by atoms with E-state index in [9.17, 15) is 18.0 Å². The van der Waals surface area contributed by atoms with Crippen LogP contribution < -0.4 is 4.72 Å². The molecular weight excluding hydrogens is 404 g/mol. The van der Waals surface area contributed by atoms with Crippen LogP contribution in [0.3, 0.4) is 0 Å². The quantitative estimate of drug-likeness (QED) is 0.657. The molecule has 0 heterocycles. The number of ether oxygens (including phenoxy) is 1. The normalized spacial score (nSPS) is 11.1. The van der Waals surface area contributed by atoms with Crippen LogP contribution in [-0.4, -0.2) is 45.4 Å². The number of likely N-dealkylation sites (N-methyl/N-ethyl adjacent to an activating group) is 1. The van der Waals surface area contributed by atoms with E-state index in [0.717, 1.165) is 5.56 Å². The molecular formula is C19H21ClN2O5S. The zero-order valence-electron chi connectivity index (χ0n) is 15.5. The Morgan fingerprint density at radius 1 is 1.14 bits per heavy atom. The van der Waals surface area contributed by atoms with Crippen LogP contribution in [0.5, 0.6) is 0 Å². The molecule has 0 unspecified atom stereocenters. The van der Waals surface area contributed by atoms with Crippen molar-refractivity contribution in [1.82, 2.24) is 9.62 Å². The zero-order valence-corrected chi connectivity index (χ0v) is 17.1. The van der Waals surface area contributed by atoms with E-state index in [1.54, 1.807) is 32.2 Å². The number of halogens is 1. The number of nitrogens with zero attached hydrogens (tertiary/aromatic N) is 1. The second-order valence-electron chi connectivity index (χ2n) is 5.99. The van der Waals surface area contributed by atoms with Crippen LogP contribution in [0.15, 0.2) is 53.4 Å². The van der Waals surface area contributed by atoms with Crippen LogP contribution in [0.1, 0.15) is 22.8 Å². The largest absolute Gasteiger partial charge is 0.452 e. The Bertz CT molecular complexity index is 962. The third-order valence-electron chi connectivity index (χ3n) is 3.78. The zero-order chi connectivity index (χ0) is 20.7. The molecule has 0 aromatic heterocycles. The van der Waals surface area contributed by atoms with Gasteiger partial charge in [0.25, 0.3) is 5.91 Å². The van der Waals surface area contributed by atoms with Gasteiger partial charge in [0.15, 0.2) is 6.61 Å². The molecule has 1 amide bonds. The summed E-state index contributed by atoms with van der Waals surface area (Å²) in [7, 11) is -2.11. The van der Waals surface area contributed by atoms with Crippen molar-refractivity contribution in [3.63, 3.8) is 0 Å². The number of nitrogens with one attached hydrogen (secondary N) is 1. The summed E-state index contributed by atoms with van der Waals surface area (Å²) in [6, 6.07) is 12.5. The smallest absolute Gasteiger partial charge is 0.338 e. The standard InChI is InChI=1S/C19H21ClN2O5S/c1-3-21-28(25,26)17-9-5-7-15(11-17)19(24)27-13-18(23)22(2)12-14-6-4-8-16(20)10-14/h4-11,21H,3,12-13H2,1-2H3. The van der Waals surface area contributed by atoms with Gasteiger partial charge < -0.3 is 9.64 Å². The fourth-order valence-electron chi connectivity index (χ4n) is 2.38. The van der Waals surface area contributed by atoms with Gasteiger partial charge in [0.2, 0.25) is 10.0 Å². The fourth-order valence-corrected chi connectivity index (χ4v) is 3.68. The summed E-state index contributed by atoms with van der Waals surface area (Å²) in [5.41, 5.74) is 0.889. The maximum absolute atomic E-state index is 12.2. The number of carbonyl (C=O) groups excluding carboxylic acids is 2. The molecule has 2 aromatic carbocycles. The molecule has 0 aliphatic heterocycles. The van der Waals surface area contributed by atoms with Gasteiger partial charge in [-0.25, -0.2) is 17.9 Å². The van der Waals surface area contributed by atoms with E-state index < -0.39 is 28.5 Å². The monoisotopic (exact) mass is 424 g/mol. The van der Waals surface area contributed by atoms with Crippen LogP contribution in [-0.2, 0) is 26.1 Å². The lowest BCUT2D eigenvalue weighted by Gasteiger charge is -2.17. The lowest BCUT2D eigenvalue weighted by Crippen LogP contribution is -2.30. The average molecular weight is 425 g/mol. The molecule has 0 radical (unpaired) electrons. The van der Waals surface area contributed by atoms with Crippen molar-refractivity contribution in [2.75, 3.05) is 20.2 Å². The molecule has 28 heavy (non-hydrogen) atoms. The van der Waals surface area contributed by atoms with Crippen molar-refractivity contribution < 1.29 is 22.7 Å². The molecule has 0 aliphatic carbocycles. The highest BCUT2D eigenvalue weighted by molar-refractivity contribution is 7.89. The predicted molar refractivity (Wildman–Crippen MR) is 106 cm³/mol. The first-order chi connectivity index (χ1) is 13.2.